The first-order valence-corrected chi connectivity index (χ1v) is 4.80. The van der Waals surface area contributed by atoms with Crippen LogP contribution in [0.2, 0.25) is 0 Å². The summed E-state index contributed by atoms with van der Waals surface area (Å²) in [4.78, 5) is 14.6. The summed E-state index contributed by atoms with van der Waals surface area (Å²) in [6.07, 6.45) is 7.16. The Kier molecular flexibility index (Phi) is 1.65. The van der Waals surface area contributed by atoms with E-state index in [0.29, 0.717) is 17.2 Å². The SMILES string of the molecule is CC1=NC2=CC=CC3=NC=C(C#N)C(=N1)N23. The molecule has 0 amide bonds. The van der Waals surface area contributed by atoms with E-state index < -0.39 is 0 Å². The van der Waals surface area contributed by atoms with Gasteiger partial charge >= 0.3 is 0 Å². The second-order valence-corrected chi connectivity index (χ2v) is 3.46. The zero-order chi connectivity index (χ0) is 11.1. The molecule has 0 saturated heterocycles. The van der Waals surface area contributed by atoms with Crippen molar-refractivity contribution < 1.29 is 0 Å². The van der Waals surface area contributed by atoms with Gasteiger partial charge in [0.25, 0.3) is 0 Å². The van der Waals surface area contributed by atoms with Crippen molar-refractivity contribution in [3.8, 4) is 6.07 Å². The van der Waals surface area contributed by atoms with Gasteiger partial charge in [-0.2, -0.15) is 5.26 Å². The van der Waals surface area contributed by atoms with E-state index in [1.807, 2.05) is 25.2 Å². The van der Waals surface area contributed by atoms with Crippen molar-refractivity contribution in [3.05, 3.63) is 35.8 Å². The van der Waals surface area contributed by atoms with Crippen molar-refractivity contribution in [3.63, 3.8) is 0 Å². The molecule has 0 aromatic rings. The highest BCUT2D eigenvalue weighted by atomic mass is 15.3. The van der Waals surface area contributed by atoms with Gasteiger partial charge in [0.2, 0.25) is 0 Å². The molecule has 0 saturated carbocycles. The summed E-state index contributed by atoms with van der Waals surface area (Å²) in [5.74, 6) is 2.75. The minimum absolute atomic E-state index is 0.458. The molecule has 3 aliphatic heterocycles. The lowest BCUT2D eigenvalue weighted by Gasteiger charge is -2.31. The van der Waals surface area contributed by atoms with Crippen LogP contribution in [0.15, 0.2) is 50.8 Å². The molecular formula is C11H7N5. The molecule has 5 heteroatoms. The monoisotopic (exact) mass is 209 g/mol. The molecule has 0 N–H and O–H groups in total. The van der Waals surface area contributed by atoms with Gasteiger partial charge in [-0.05, 0) is 19.1 Å². The van der Waals surface area contributed by atoms with Crippen molar-refractivity contribution in [2.24, 2.45) is 15.0 Å². The Morgan fingerprint density at radius 3 is 3.06 bits per heavy atom. The fourth-order valence-corrected chi connectivity index (χ4v) is 1.73. The zero-order valence-corrected chi connectivity index (χ0v) is 8.55. The fraction of sp³-hybridized carbons (Fsp3) is 0.0909. The number of amidine groups is 3. The highest BCUT2D eigenvalue weighted by Crippen LogP contribution is 2.24. The third-order valence-electron chi connectivity index (χ3n) is 2.39. The molecule has 16 heavy (non-hydrogen) atoms. The lowest BCUT2D eigenvalue weighted by Crippen LogP contribution is -2.41. The maximum Gasteiger partial charge on any atom is 0.161 e. The van der Waals surface area contributed by atoms with Crippen LogP contribution in [0.25, 0.3) is 0 Å². The molecule has 0 aromatic carbocycles. The van der Waals surface area contributed by atoms with Gasteiger partial charge in [0.1, 0.15) is 29.1 Å². The number of aliphatic imine (C=N–C) groups is 3. The van der Waals surface area contributed by atoms with Crippen molar-refractivity contribution >= 4 is 17.5 Å². The zero-order valence-electron chi connectivity index (χ0n) is 8.55. The van der Waals surface area contributed by atoms with Gasteiger partial charge in [0.05, 0.1) is 6.20 Å². The van der Waals surface area contributed by atoms with E-state index in [-0.39, 0.29) is 0 Å². The topological polar surface area (TPSA) is 64.1 Å². The first-order valence-electron chi connectivity index (χ1n) is 4.80. The maximum absolute atomic E-state index is 9.01. The largest absolute Gasteiger partial charge is 0.261 e. The van der Waals surface area contributed by atoms with Crippen LogP contribution in [-0.2, 0) is 0 Å². The minimum atomic E-state index is 0.458. The molecule has 5 nitrogen and oxygen atoms in total. The molecule has 0 spiro atoms. The van der Waals surface area contributed by atoms with Gasteiger partial charge in [-0.15, -0.1) is 0 Å². The minimum Gasteiger partial charge on any atom is -0.261 e. The Labute approximate surface area is 92.1 Å². The predicted molar refractivity (Wildman–Crippen MR) is 60.7 cm³/mol. The van der Waals surface area contributed by atoms with Gasteiger partial charge in [-0.3, -0.25) is 4.90 Å². The Balaban J connectivity index is 2.26. The van der Waals surface area contributed by atoms with Crippen LogP contribution in [-0.4, -0.2) is 22.4 Å². The van der Waals surface area contributed by atoms with Crippen molar-refractivity contribution in [1.29, 1.82) is 5.26 Å². The summed E-state index contributed by atoms with van der Waals surface area (Å²) in [6, 6.07) is 2.09. The number of hydrogen-bond donors (Lipinski definition) is 0. The molecule has 0 radical (unpaired) electrons. The molecule has 0 atom stereocenters. The van der Waals surface area contributed by atoms with Gasteiger partial charge in [-0.1, -0.05) is 6.08 Å². The Morgan fingerprint density at radius 2 is 2.25 bits per heavy atom. The van der Waals surface area contributed by atoms with Crippen LogP contribution in [0.3, 0.4) is 0 Å². The predicted octanol–water partition coefficient (Wildman–Crippen LogP) is 1.35. The van der Waals surface area contributed by atoms with E-state index in [9.17, 15) is 0 Å². The summed E-state index contributed by atoms with van der Waals surface area (Å²) in [5.41, 5.74) is 0.458. The maximum atomic E-state index is 9.01. The van der Waals surface area contributed by atoms with E-state index in [1.54, 1.807) is 4.90 Å². The van der Waals surface area contributed by atoms with Crippen LogP contribution in [0.5, 0.6) is 0 Å². The molecule has 0 aliphatic carbocycles. The number of hydrogen-bond acceptors (Lipinski definition) is 5. The van der Waals surface area contributed by atoms with E-state index in [4.69, 9.17) is 5.26 Å². The molecule has 0 fully saturated rings. The Morgan fingerprint density at radius 1 is 1.38 bits per heavy atom. The fourth-order valence-electron chi connectivity index (χ4n) is 1.73. The molecule has 76 valence electrons. The van der Waals surface area contributed by atoms with E-state index in [2.05, 4.69) is 21.0 Å². The lowest BCUT2D eigenvalue weighted by molar-refractivity contribution is 0.719. The van der Waals surface area contributed by atoms with Gasteiger partial charge < -0.3 is 0 Å². The molecule has 0 aromatic heterocycles. The molecular weight excluding hydrogens is 202 g/mol. The standard InChI is InChI=1S/C11H7N5/c1-7-14-10-4-2-3-9-13-6-8(5-12)11(15-7)16(9)10/h2-4,6H,1H3. The van der Waals surface area contributed by atoms with E-state index >= 15 is 0 Å². The van der Waals surface area contributed by atoms with E-state index in [1.165, 1.54) is 6.20 Å². The first-order chi connectivity index (χ1) is 7.79. The third-order valence-corrected chi connectivity index (χ3v) is 2.39. The summed E-state index contributed by atoms with van der Waals surface area (Å²) < 4.78 is 0. The van der Waals surface area contributed by atoms with Crippen molar-refractivity contribution in [2.45, 2.75) is 6.92 Å². The summed E-state index contributed by atoms with van der Waals surface area (Å²) in [5, 5.41) is 9.01. The first kappa shape index (κ1) is 8.80. The molecule has 3 heterocycles. The van der Waals surface area contributed by atoms with Crippen molar-refractivity contribution in [1.82, 2.24) is 4.90 Å². The highest BCUT2D eigenvalue weighted by Gasteiger charge is 2.30. The number of rotatable bonds is 0. The molecule has 0 bridgehead atoms. The summed E-state index contributed by atoms with van der Waals surface area (Å²) in [6.45, 7) is 1.81. The van der Waals surface area contributed by atoms with Crippen LogP contribution < -0.4 is 0 Å². The molecule has 0 unspecified atom stereocenters. The summed E-state index contributed by atoms with van der Waals surface area (Å²) >= 11 is 0. The van der Waals surface area contributed by atoms with Crippen LogP contribution >= 0.6 is 0 Å². The van der Waals surface area contributed by atoms with E-state index in [0.717, 1.165) is 11.7 Å². The Hall–Kier alpha value is -2.48. The quantitative estimate of drug-likeness (QED) is 0.604. The number of allylic oxidation sites excluding steroid dienone is 2. The smallest absolute Gasteiger partial charge is 0.161 e. The summed E-state index contributed by atoms with van der Waals surface area (Å²) in [7, 11) is 0. The van der Waals surface area contributed by atoms with Crippen molar-refractivity contribution in [2.75, 3.05) is 0 Å². The average Bonchev–Trinajstić information content (AvgIpc) is 2.29. The van der Waals surface area contributed by atoms with Gasteiger partial charge in [0.15, 0.2) is 5.84 Å². The highest BCUT2D eigenvalue weighted by molar-refractivity contribution is 6.21. The second-order valence-electron chi connectivity index (χ2n) is 3.46. The van der Waals surface area contributed by atoms with Gasteiger partial charge in [-0.25, -0.2) is 15.0 Å². The third kappa shape index (κ3) is 1.07. The Bertz CT molecular complexity index is 592. The number of nitriles is 1. The molecule has 3 rings (SSSR count). The molecule has 3 aliphatic rings. The van der Waals surface area contributed by atoms with Crippen LogP contribution in [0.1, 0.15) is 6.92 Å². The second kappa shape index (κ2) is 3.00. The van der Waals surface area contributed by atoms with Gasteiger partial charge in [0, 0.05) is 0 Å². The van der Waals surface area contributed by atoms with Crippen LogP contribution in [0, 0.1) is 11.3 Å². The number of nitrogens with zero attached hydrogens (tertiary/aromatic N) is 5. The van der Waals surface area contributed by atoms with Crippen LogP contribution in [0.4, 0.5) is 0 Å². The normalized spacial score (nSPS) is 21.0. The average molecular weight is 209 g/mol. The lowest BCUT2D eigenvalue weighted by atomic mass is 10.1.